The Bertz CT molecular complexity index is 869. The van der Waals surface area contributed by atoms with Crippen LogP contribution in [0.3, 0.4) is 0 Å². The second-order valence-corrected chi connectivity index (χ2v) is 9.07. The van der Waals surface area contributed by atoms with Crippen molar-refractivity contribution in [1.29, 1.82) is 0 Å². The Hall–Kier alpha value is -1.92. The van der Waals surface area contributed by atoms with Crippen LogP contribution in [0.4, 0.5) is 0 Å². The van der Waals surface area contributed by atoms with Gasteiger partial charge in [0.15, 0.2) is 0 Å². The van der Waals surface area contributed by atoms with E-state index in [1.165, 1.54) is 11.1 Å². The Morgan fingerprint density at radius 1 is 0.968 bits per heavy atom. The van der Waals surface area contributed by atoms with Crippen LogP contribution in [0.2, 0.25) is 5.02 Å². The number of hydrogen-bond acceptors (Lipinski definition) is 4. The van der Waals surface area contributed by atoms with Crippen molar-refractivity contribution in [2.45, 2.75) is 32.5 Å². The molecule has 0 bridgehead atoms. The summed E-state index contributed by atoms with van der Waals surface area (Å²) in [6.07, 6.45) is 2.00. The van der Waals surface area contributed by atoms with Gasteiger partial charge in [0.25, 0.3) is 0 Å². The van der Waals surface area contributed by atoms with Gasteiger partial charge in [-0.15, -0.1) is 0 Å². The Labute approximate surface area is 190 Å². The molecule has 0 spiro atoms. The average molecular weight is 442 g/mol. The van der Waals surface area contributed by atoms with Gasteiger partial charge in [-0.2, -0.15) is 0 Å². The molecule has 0 aliphatic carbocycles. The molecule has 2 aromatic carbocycles. The molecule has 2 aromatic rings. The second-order valence-electron chi connectivity index (χ2n) is 8.63. The zero-order chi connectivity index (χ0) is 21.5. The molecule has 0 aromatic heterocycles. The molecule has 31 heavy (non-hydrogen) atoms. The van der Waals surface area contributed by atoms with E-state index in [4.69, 9.17) is 16.3 Å². The normalized spacial score (nSPS) is 20.5. The topological polar surface area (TPSA) is 44.8 Å². The summed E-state index contributed by atoms with van der Waals surface area (Å²) in [6, 6.07) is 16.5. The molecule has 0 radical (unpaired) electrons. The zero-order valence-electron chi connectivity index (χ0n) is 18.1. The Morgan fingerprint density at radius 2 is 1.68 bits per heavy atom. The highest BCUT2D eigenvalue weighted by molar-refractivity contribution is 6.30. The van der Waals surface area contributed by atoms with E-state index in [9.17, 15) is 4.79 Å². The molecular weight excluding hydrogens is 410 g/mol. The van der Waals surface area contributed by atoms with E-state index in [0.717, 1.165) is 75.9 Å². The van der Waals surface area contributed by atoms with Crippen LogP contribution in [0.5, 0.6) is 0 Å². The van der Waals surface area contributed by atoms with E-state index >= 15 is 0 Å². The predicted molar refractivity (Wildman–Crippen MR) is 124 cm³/mol. The first kappa shape index (κ1) is 22.3. The van der Waals surface area contributed by atoms with Crippen LogP contribution in [0.15, 0.2) is 48.5 Å². The number of ether oxygens (including phenoxy) is 1. The van der Waals surface area contributed by atoms with Gasteiger partial charge >= 0.3 is 0 Å². The van der Waals surface area contributed by atoms with Crippen LogP contribution in [-0.2, 0) is 29.2 Å². The van der Waals surface area contributed by atoms with Gasteiger partial charge in [0.1, 0.15) is 0 Å². The van der Waals surface area contributed by atoms with E-state index in [1.54, 1.807) is 0 Å². The summed E-state index contributed by atoms with van der Waals surface area (Å²) in [6.45, 7) is 7.77. The van der Waals surface area contributed by atoms with Crippen molar-refractivity contribution in [2.24, 2.45) is 5.92 Å². The lowest BCUT2D eigenvalue weighted by Gasteiger charge is -2.32. The molecule has 2 heterocycles. The van der Waals surface area contributed by atoms with E-state index in [-0.39, 0.29) is 11.8 Å². The fraction of sp³-hybridized carbons (Fsp3) is 0.480. The molecule has 2 aliphatic rings. The van der Waals surface area contributed by atoms with Gasteiger partial charge in [0.05, 0.1) is 19.1 Å². The first-order valence-electron chi connectivity index (χ1n) is 11.3. The standard InChI is InChI=1S/C25H32ClN3O2/c26-24-8-2-6-22(15-24)18-29-9-3-7-23(19-29)25(30)27-16-20-4-1-5-21(14-20)17-28-10-12-31-13-11-28/h1-2,4-6,8,14-15,23H,3,7,9-13,16-19H2,(H,27,30). The van der Waals surface area contributed by atoms with Gasteiger partial charge in [-0.1, -0.05) is 48.0 Å². The van der Waals surface area contributed by atoms with E-state index in [0.29, 0.717) is 6.54 Å². The van der Waals surface area contributed by atoms with Gasteiger partial charge in [-0.3, -0.25) is 14.6 Å². The van der Waals surface area contributed by atoms with Gasteiger partial charge in [0.2, 0.25) is 5.91 Å². The molecule has 2 fully saturated rings. The van der Waals surface area contributed by atoms with Gasteiger partial charge in [0, 0.05) is 44.3 Å². The number of piperidine rings is 1. The molecule has 0 saturated carbocycles. The van der Waals surface area contributed by atoms with E-state index in [2.05, 4.69) is 45.4 Å². The summed E-state index contributed by atoms with van der Waals surface area (Å²) < 4.78 is 5.43. The first-order valence-corrected chi connectivity index (χ1v) is 11.7. The van der Waals surface area contributed by atoms with Crippen LogP contribution in [-0.4, -0.2) is 55.1 Å². The van der Waals surface area contributed by atoms with Crippen LogP contribution >= 0.6 is 11.6 Å². The van der Waals surface area contributed by atoms with E-state index < -0.39 is 0 Å². The van der Waals surface area contributed by atoms with Crippen LogP contribution in [0.25, 0.3) is 0 Å². The third-order valence-corrected chi connectivity index (χ3v) is 6.37. The molecule has 1 amide bonds. The Kier molecular flexibility index (Phi) is 7.97. The number of benzene rings is 2. The number of likely N-dealkylation sites (tertiary alicyclic amines) is 1. The molecule has 1 unspecified atom stereocenters. The summed E-state index contributed by atoms with van der Waals surface area (Å²) in [5.41, 5.74) is 3.65. The maximum absolute atomic E-state index is 12.8. The fourth-order valence-electron chi connectivity index (χ4n) is 4.50. The number of morpholine rings is 1. The van der Waals surface area contributed by atoms with E-state index in [1.807, 2.05) is 18.2 Å². The largest absolute Gasteiger partial charge is 0.379 e. The fourth-order valence-corrected chi connectivity index (χ4v) is 4.71. The van der Waals surface area contributed by atoms with Gasteiger partial charge in [-0.05, 0) is 48.2 Å². The Morgan fingerprint density at radius 3 is 2.48 bits per heavy atom. The minimum Gasteiger partial charge on any atom is -0.379 e. The molecule has 2 saturated heterocycles. The highest BCUT2D eigenvalue weighted by atomic mass is 35.5. The van der Waals surface area contributed by atoms with Crippen LogP contribution < -0.4 is 5.32 Å². The molecule has 1 N–H and O–H groups in total. The predicted octanol–water partition coefficient (Wildman–Crippen LogP) is 3.70. The van der Waals surface area contributed by atoms with Crippen LogP contribution in [0.1, 0.15) is 29.5 Å². The summed E-state index contributed by atoms with van der Waals surface area (Å²) >= 11 is 6.12. The second kappa shape index (κ2) is 11.1. The molecule has 2 aliphatic heterocycles. The molecular formula is C25H32ClN3O2. The molecule has 1 atom stereocenters. The number of halogens is 1. The number of rotatable bonds is 7. The monoisotopic (exact) mass is 441 g/mol. The molecule has 166 valence electrons. The molecule has 6 heteroatoms. The summed E-state index contributed by atoms with van der Waals surface area (Å²) in [5, 5.41) is 3.94. The number of nitrogens with one attached hydrogen (secondary N) is 1. The minimum atomic E-state index is 0.0458. The van der Waals surface area contributed by atoms with Crippen molar-refractivity contribution >= 4 is 17.5 Å². The summed E-state index contributed by atoms with van der Waals surface area (Å²) in [4.78, 5) is 17.6. The first-order chi connectivity index (χ1) is 15.2. The average Bonchev–Trinajstić information content (AvgIpc) is 2.79. The minimum absolute atomic E-state index is 0.0458. The molecule has 4 rings (SSSR count). The maximum atomic E-state index is 12.8. The number of amides is 1. The number of carbonyl (C=O) groups is 1. The third kappa shape index (κ3) is 6.78. The smallest absolute Gasteiger partial charge is 0.224 e. The number of carbonyl (C=O) groups excluding carboxylic acids is 1. The zero-order valence-corrected chi connectivity index (χ0v) is 18.8. The Balaban J connectivity index is 1.26. The van der Waals surface area contributed by atoms with Crippen molar-refractivity contribution in [2.75, 3.05) is 39.4 Å². The van der Waals surface area contributed by atoms with Crippen molar-refractivity contribution < 1.29 is 9.53 Å². The number of nitrogens with zero attached hydrogens (tertiary/aromatic N) is 2. The quantitative estimate of drug-likeness (QED) is 0.711. The number of hydrogen-bond donors (Lipinski definition) is 1. The lowest BCUT2D eigenvalue weighted by molar-refractivity contribution is -0.126. The SMILES string of the molecule is O=C(NCc1cccc(CN2CCOCC2)c1)C1CCCN(Cc2cccc(Cl)c2)C1. The van der Waals surface area contributed by atoms with Crippen molar-refractivity contribution in [3.8, 4) is 0 Å². The van der Waals surface area contributed by atoms with Crippen molar-refractivity contribution in [1.82, 2.24) is 15.1 Å². The van der Waals surface area contributed by atoms with Gasteiger partial charge in [-0.25, -0.2) is 0 Å². The van der Waals surface area contributed by atoms with Gasteiger partial charge < -0.3 is 10.1 Å². The highest BCUT2D eigenvalue weighted by Crippen LogP contribution is 2.20. The third-order valence-electron chi connectivity index (χ3n) is 6.14. The molecule has 5 nitrogen and oxygen atoms in total. The lowest BCUT2D eigenvalue weighted by atomic mass is 9.96. The van der Waals surface area contributed by atoms with Crippen molar-refractivity contribution in [3.63, 3.8) is 0 Å². The van der Waals surface area contributed by atoms with Crippen molar-refractivity contribution in [3.05, 3.63) is 70.2 Å². The highest BCUT2D eigenvalue weighted by Gasteiger charge is 2.25. The summed E-state index contributed by atoms with van der Waals surface area (Å²) in [7, 11) is 0. The summed E-state index contributed by atoms with van der Waals surface area (Å²) in [5.74, 6) is 0.207. The maximum Gasteiger partial charge on any atom is 0.224 e. The lowest BCUT2D eigenvalue weighted by Crippen LogP contribution is -2.42. The van der Waals surface area contributed by atoms with Crippen LogP contribution in [0, 0.1) is 5.92 Å².